The second kappa shape index (κ2) is 7.18. The van der Waals surface area contributed by atoms with Gasteiger partial charge in [-0.15, -0.1) is 0 Å². The normalized spacial score (nSPS) is 13.6. The van der Waals surface area contributed by atoms with E-state index < -0.39 is 11.9 Å². The molecule has 0 aromatic heterocycles. The van der Waals surface area contributed by atoms with Gasteiger partial charge in [0, 0.05) is 0 Å². The summed E-state index contributed by atoms with van der Waals surface area (Å²) in [5.74, 6) is -0.743. The van der Waals surface area contributed by atoms with Crippen LogP contribution in [0.25, 0.3) is 0 Å². The molecule has 0 spiro atoms. The molecule has 3 N–H and O–H groups in total. The monoisotopic (exact) mass is 300 g/mol. The molecule has 0 aliphatic heterocycles. The average Bonchev–Trinajstić information content (AvgIpc) is 2.52. The molecule has 0 fully saturated rings. The maximum absolute atomic E-state index is 13.5. The van der Waals surface area contributed by atoms with E-state index in [0.717, 1.165) is 17.5 Å². The lowest BCUT2D eigenvalue weighted by Crippen LogP contribution is -2.41. The highest BCUT2D eigenvalue weighted by Crippen LogP contribution is 2.24. The van der Waals surface area contributed by atoms with Crippen LogP contribution in [0.4, 0.5) is 4.39 Å². The molecule has 0 heterocycles. The average molecular weight is 300 g/mol. The van der Waals surface area contributed by atoms with Crippen LogP contribution >= 0.6 is 0 Å². The number of carbonyl (C=O) groups is 1. The summed E-state index contributed by atoms with van der Waals surface area (Å²) < 4.78 is 13.5. The maximum Gasteiger partial charge on any atom is 0.234 e. The number of carbonyl (C=O) groups excluding carboxylic acids is 1. The van der Waals surface area contributed by atoms with Crippen LogP contribution < -0.4 is 11.1 Å². The van der Waals surface area contributed by atoms with E-state index in [9.17, 15) is 9.18 Å². The van der Waals surface area contributed by atoms with Crippen molar-refractivity contribution in [2.45, 2.75) is 32.4 Å². The summed E-state index contributed by atoms with van der Waals surface area (Å²) in [6, 6.07) is 13.6. The first-order chi connectivity index (χ1) is 10.5. The van der Waals surface area contributed by atoms with E-state index in [1.807, 2.05) is 30.3 Å². The SMILES string of the molecule is CCc1ccc([C@@H](N[C@H](C)C(N)=O)c2cccc(F)c2)cc1. The number of rotatable bonds is 6. The lowest BCUT2D eigenvalue weighted by atomic mass is 9.96. The van der Waals surface area contributed by atoms with Gasteiger partial charge in [0.25, 0.3) is 0 Å². The summed E-state index contributed by atoms with van der Waals surface area (Å²) >= 11 is 0. The van der Waals surface area contributed by atoms with Crippen molar-refractivity contribution in [1.82, 2.24) is 5.32 Å². The Hall–Kier alpha value is -2.20. The van der Waals surface area contributed by atoms with E-state index in [1.165, 1.54) is 17.7 Å². The number of amides is 1. The fourth-order valence-corrected chi connectivity index (χ4v) is 2.35. The first-order valence-electron chi connectivity index (χ1n) is 7.41. The predicted octanol–water partition coefficient (Wildman–Crippen LogP) is 2.94. The van der Waals surface area contributed by atoms with E-state index in [1.54, 1.807) is 13.0 Å². The molecule has 0 aliphatic carbocycles. The van der Waals surface area contributed by atoms with Crippen molar-refractivity contribution >= 4 is 5.91 Å². The van der Waals surface area contributed by atoms with E-state index in [2.05, 4.69) is 12.2 Å². The number of aryl methyl sites for hydroxylation is 1. The van der Waals surface area contributed by atoms with Gasteiger partial charge in [-0.05, 0) is 42.2 Å². The molecule has 0 radical (unpaired) electrons. The van der Waals surface area contributed by atoms with Gasteiger partial charge in [0.05, 0.1) is 12.1 Å². The Bertz CT molecular complexity index is 640. The molecular weight excluding hydrogens is 279 g/mol. The molecule has 22 heavy (non-hydrogen) atoms. The van der Waals surface area contributed by atoms with E-state index in [4.69, 9.17) is 5.73 Å². The van der Waals surface area contributed by atoms with Crippen LogP contribution in [-0.2, 0) is 11.2 Å². The van der Waals surface area contributed by atoms with Crippen molar-refractivity contribution < 1.29 is 9.18 Å². The minimum absolute atomic E-state index is 0.288. The van der Waals surface area contributed by atoms with Crippen molar-refractivity contribution in [3.8, 4) is 0 Å². The zero-order chi connectivity index (χ0) is 16.1. The molecule has 1 amide bonds. The van der Waals surface area contributed by atoms with Crippen LogP contribution in [0.15, 0.2) is 48.5 Å². The molecule has 2 rings (SSSR count). The molecule has 0 saturated heterocycles. The summed E-state index contributed by atoms with van der Waals surface area (Å²) in [5.41, 5.74) is 8.30. The summed E-state index contributed by atoms with van der Waals surface area (Å²) in [4.78, 5) is 11.4. The molecule has 2 aromatic carbocycles. The molecule has 0 saturated carbocycles. The Balaban J connectivity index is 2.37. The van der Waals surface area contributed by atoms with Crippen LogP contribution in [0.1, 0.15) is 36.6 Å². The second-order valence-electron chi connectivity index (χ2n) is 5.37. The maximum atomic E-state index is 13.5. The van der Waals surface area contributed by atoms with Gasteiger partial charge in [-0.25, -0.2) is 4.39 Å². The minimum Gasteiger partial charge on any atom is -0.368 e. The van der Waals surface area contributed by atoms with E-state index >= 15 is 0 Å². The van der Waals surface area contributed by atoms with Crippen LogP contribution in [0.3, 0.4) is 0 Å². The third-order valence-corrected chi connectivity index (χ3v) is 3.75. The topological polar surface area (TPSA) is 55.1 Å². The zero-order valence-corrected chi connectivity index (χ0v) is 12.8. The van der Waals surface area contributed by atoms with Gasteiger partial charge in [0.2, 0.25) is 5.91 Å². The van der Waals surface area contributed by atoms with Gasteiger partial charge in [0.1, 0.15) is 5.82 Å². The van der Waals surface area contributed by atoms with Crippen LogP contribution in [0.5, 0.6) is 0 Å². The third-order valence-electron chi connectivity index (χ3n) is 3.75. The molecule has 4 heteroatoms. The van der Waals surface area contributed by atoms with Crippen LogP contribution in [0, 0.1) is 5.82 Å². The zero-order valence-electron chi connectivity index (χ0n) is 12.8. The summed E-state index contributed by atoms with van der Waals surface area (Å²) in [6.45, 7) is 3.79. The lowest BCUT2D eigenvalue weighted by molar-refractivity contribution is -0.119. The summed E-state index contributed by atoms with van der Waals surface area (Å²) in [5, 5.41) is 3.17. The quantitative estimate of drug-likeness (QED) is 0.862. The van der Waals surface area contributed by atoms with Crippen LogP contribution in [0.2, 0.25) is 0 Å². The van der Waals surface area contributed by atoms with E-state index in [-0.39, 0.29) is 11.9 Å². The Morgan fingerprint density at radius 1 is 1.18 bits per heavy atom. The molecule has 2 aromatic rings. The van der Waals surface area contributed by atoms with Gasteiger partial charge in [-0.2, -0.15) is 0 Å². The van der Waals surface area contributed by atoms with Gasteiger partial charge in [0.15, 0.2) is 0 Å². The number of halogens is 1. The molecule has 2 atom stereocenters. The highest BCUT2D eigenvalue weighted by molar-refractivity contribution is 5.79. The highest BCUT2D eigenvalue weighted by Gasteiger charge is 2.19. The van der Waals surface area contributed by atoms with E-state index in [0.29, 0.717) is 0 Å². The molecule has 0 aliphatic rings. The fourth-order valence-electron chi connectivity index (χ4n) is 2.35. The Morgan fingerprint density at radius 3 is 2.41 bits per heavy atom. The third kappa shape index (κ3) is 3.92. The van der Waals surface area contributed by atoms with Gasteiger partial charge in [-0.3, -0.25) is 10.1 Å². The van der Waals surface area contributed by atoms with Gasteiger partial charge < -0.3 is 5.73 Å². The van der Waals surface area contributed by atoms with Crippen molar-refractivity contribution in [3.05, 3.63) is 71.0 Å². The number of nitrogens with two attached hydrogens (primary N) is 1. The van der Waals surface area contributed by atoms with Crippen molar-refractivity contribution in [1.29, 1.82) is 0 Å². The largest absolute Gasteiger partial charge is 0.368 e. The first kappa shape index (κ1) is 16.2. The Kier molecular flexibility index (Phi) is 5.28. The second-order valence-corrected chi connectivity index (χ2v) is 5.37. The summed E-state index contributed by atoms with van der Waals surface area (Å²) in [6.07, 6.45) is 0.954. The van der Waals surface area contributed by atoms with Gasteiger partial charge >= 0.3 is 0 Å². The number of benzene rings is 2. The lowest BCUT2D eigenvalue weighted by Gasteiger charge is -2.23. The van der Waals surface area contributed by atoms with Crippen molar-refractivity contribution in [2.75, 3.05) is 0 Å². The standard InChI is InChI=1S/C18H21FN2O/c1-3-13-7-9-14(10-8-13)17(21-12(2)18(20)22)15-5-4-6-16(19)11-15/h4-12,17,21H,3H2,1-2H3,(H2,20,22)/t12-,17-/m1/s1. The van der Waals surface area contributed by atoms with Crippen molar-refractivity contribution in [2.24, 2.45) is 5.73 Å². The Labute approximate surface area is 130 Å². The molecule has 0 unspecified atom stereocenters. The summed E-state index contributed by atoms with van der Waals surface area (Å²) in [7, 11) is 0. The van der Waals surface area contributed by atoms with Crippen LogP contribution in [-0.4, -0.2) is 11.9 Å². The number of hydrogen-bond donors (Lipinski definition) is 2. The molecule has 0 bridgehead atoms. The smallest absolute Gasteiger partial charge is 0.234 e. The van der Waals surface area contributed by atoms with Gasteiger partial charge in [-0.1, -0.05) is 43.3 Å². The molecule has 116 valence electrons. The fraction of sp³-hybridized carbons (Fsp3) is 0.278. The number of nitrogens with one attached hydrogen (secondary N) is 1. The van der Waals surface area contributed by atoms with Crippen molar-refractivity contribution in [3.63, 3.8) is 0 Å². The number of primary amides is 1. The number of hydrogen-bond acceptors (Lipinski definition) is 2. The Morgan fingerprint density at radius 2 is 1.86 bits per heavy atom. The minimum atomic E-state index is -0.515. The molecular formula is C18H21FN2O. The molecule has 3 nitrogen and oxygen atoms in total. The predicted molar refractivity (Wildman–Crippen MR) is 85.9 cm³/mol. The first-order valence-corrected chi connectivity index (χ1v) is 7.41. The highest BCUT2D eigenvalue weighted by atomic mass is 19.1.